The van der Waals surface area contributed by atoms with E-state index in [1.165, 1.54) is 21.5 Å². The lowest BCUT2D eigenvalue weighted by atomic mass is 10.1. The van der Waals surface area contributed by atoms with E-state index in [0.29, 0.717) is 26.6 Å². The average molecular weight is 468 g/mol. The number of carbonyl (C=O) groups excluding carboxylic acids is 1. The Kier molecular flexibility index (Phi) is 6.04. The van der Waals surface area contributed by atoms with Crippen LogP contribution >= 0.6 is 22.9 Å². The molecule has 0 saturated heterocycles. The molecule has 2 aromatic heterocycles. The van der Waals surface area contributed by atoms with Crippen molar-refractivity contribution in [2.45, 2.75) is 33.7 Å². The molecule has 0 aliphatic carbocycles. The number of hydrogen-bond donors (Lipinski definition) is 1. The number of anilines is 1. The molecular formula is C24H22ClN3O3S. The topological polar surface area (TPSA) is 73.1 Å². The van der Waals surface area contributed by atoms with Gasteiger partial charge in [-0.05, 0) is 61.7 Å². The summed E-state index contributed by atoms with van der Waals surface area (Å²) in [6.07, 6.45) is 0.906. The Morgan fingerprint density at radius 1 is 1.09 bits per heavy atom. The van der Waals surface area contributed by atoms with Gasteiger partial charge >= 0.3 is 5.69 Å². The zero-order valence-corrected chi connectivity index (χ0v) is 19.5. The first-order chi connectivity index (χ1) is 15.3. The van der Waals surface area contributed by atoms with E-state index >= 15 is 0 Å². The molecule has 1 N–H and O–H groups in total. The molecule has 0 aliphatic rings. The second-order valence-electron chi connectivity index (χ2n) is 7.55. The molecule has 1 amide bonds. The average Bonchev–Trinajstić information content (AvgIpc) is 3.06. The van der Waals surface area contributed by atoms with Crippen molar-refractivity contribution in [2.75, 3.05) is 5.32 Å². The Hall–Kier alpha value is -3.16. The van der Waals surface area contributed by atoms with Gasteiger partial charge in [-0.3, -0.25) is 14.2 Å². The van der Waals surface area contributed by atoms with Gasteiger partial charge < -0.3 is 5.32 Å². The summed E-state index contributed by atoms with van der Waals surface area (Å²) in [7, 11) is 0. The van der Waals surface area contributed by atoms with Crippen LogP contribution in [0.3, 0.4) is 0 Å². The van der Waals surface area contributed by atoms with Gasteiger partial charge in [0.25, 0.3) is 5.56 Å². The number of amides is 1. The van der Waals surface area contributed by atoms with Gasteiger partial charge in [0.1, 0.15) is 11.4 Å². The summed E-state index contributed by atoms with van der Waals surface area (Å²) in [6, 6.07) is 14.1. The summed E-state index contributed by atoms with van der Waals surface area (Å²) < 4.78 is 2.44. The maximum absolute atomic E-state index is 13.4. The van der Waals surface area contributed by atoms with Crippen LogP contribution in [-0.4, -0.2) is 15.0 Å². The zero-order chi connectivity index (χ0) is 23.0. The van der Waals surface area contributed by atoms with Crippen molar-refractivity contribution >= 4 is 44.7 Å². The van der Waals surface area contributed by atoms with Crippen LogP contribution in [0.2, 0.25) is 5.02 Å². The molecular weight excluding hydrogens is 446 g/mol. The van der Waals surface area contributed by atoms with E-state index in [0.717, 1.165) is 21.4 Å². The van der Waals surface area contributed by atoms with Gasteiger partial charge in [-0.1, -0.05) is 36.7 Å². The number of benzene rings is 2. The first-order valence-corrected chi connectivity index (χ1v) is 11.4. The highest BCUT2D eigenvalue weighted by Crippen LogP contribution is 2.27. The fourth-order valence-electron chi connectivity index (χ4n) is 3.61. The number of nitrogens with one attached hydrogen (secondary N) is 1. The Balaban J connectivity index is 1.83. The zero-order valence-electron chi connectivity index (χ0n) is 17.9. The first-order valence-electron chi connectivity index (χ1n) is 10.2. The van der Waals surface area contributed by atoms with Crippen LogP contribution in [-0.2, 0) is 17.8 Å². The van der Waals surface area contributed by atoms with E-state index < -0.39 is 11.2 Å². The van der Waals surface area contributed by atoms with Gasteiger partial charge in [-0.2, -0.15) is 0 Å². The van der Waals surface area contributed by atoms with E-state index in [1.807, 2.05) is 38.1 Å². The molecule has 0 spiro atoms. The quantitative estimate of drug-likeness (QED) is 0.463. The van der Waals surface area contributed by atoms with Crippen LogP contribution in [0.1, 0.15) is 22.9 Å². The number of hydrogen-bond acceptors (Lipinski definition) is 4. The van der Waals surface area contributed by atoms with Gasteiger partial charge in [0.2, 0.25) is 5.91 Å². The van der Waals surface area contributed by atoms with E-state index in [4.69, 9.17) is 11.6 Å². The van der Waals surface area contributed by atoms with Crippen LogP contribution in [0.4, 0.5) is 5.69 Å². The summed E-state index contributed by atoms with van der Waals surface area (Å²) in [5, 5.41) is 3.68. The minimum Gasteiger partial charge on any atom is -0.325 e. The highest BCUT2D eigenvalue weighted by atomic mass is 35.5. The van der Waals surface area contributed by atoms with E-state index in [-0.39, 0.29) is 12.5 Å². The van der Waals surface area contributed by atoms with Crippen molar-refractivity contribution < 1.29 is 4.79 Å². The van der Waals surface area contributed by atoms with Crippen LogP contribution in [0.25, 0.3) is 15.9 Å². The van der Waals surface area contributed by atoms with Crippen LogP contribution < -0.4 is 16.6 Å². The molecule has 164 valence electrons. The third-order valence-corrected chi connectivity index (χ3v) is 6.93. The molecule has 0 saturated carbocycles. The molecule has 0 bridgehead atoms. The Morgan fingerprint density at radius 3 is 2.47 bits per heavy atom. The third kappa shape index (κ3) is 4.01. The van der Waals surface area contributed by atoms with Gasteiger partial charge in [0.05, 0.1) is 11.1 Å². The number of nitrogens with zero attached hydrogens (tertiary/aromatic N) is 2. The fraction of sp³-hybridized carbons (Fsp3) is 0.208. The number of aryl methyl sites for hydroxylation is 3. The molecule has 0 fully saturated rings. The number of rotatable bonds is 5. The largest absolute Gasteiger partial charge is 0.337 e. The molecule has 2 heterocycles. The monoisotopic (exact) mass is 467 g/mol. The molecule has 0 aliphatic heterocycles. The maximum atomic E-state index is 13.4. The number of aromatic nitrogens is 2. The molecule has 2 aromatic carbocycles. The highest BCUT2D eigenvalue weighted by Gasteiger charge is 2.21. The Labute approximate surface area is 193 Å². The van der Waals surface area contributed by atoms with Crippen LogP contribution in [0.5, 0.6) is 0 Å². The minimum atomic E-state index is -0.581. The normalized spacial score (nSPS) is 11.1. The fourth-order valence-corrected chi connectivity index (χ4v) is 4.93. The summed E-state index contributed by atoms with van der Waals surface area (Å²) in [6.45, 7) is 5.59. The van der Waals surface area contributed by atoms with E-state index in [9.17, 15) is 14.4 Å². The summed E-state index contributed by atoms with van der Waals surface area (Å²) in [5.74, 6) is -0.349. The van der Waals surface area contributed by atoms with Gasteiger partial charge in [0.15, 0.2) is 0 Å². The molecule has 0 unspecified atom stereocenters. The first kappa shape index (κ1) is 22.0. The van der Waals surface area contributed by atoms with Crippen molar-refractivity contribution in [1.29, 1.82) is 0 Å². The van der Waals surface area contributed by atoms with E-state index in [1.54, 1.807) is 24.3 Å². The molecule has 4 rings (SSSR count). The molecule has 8 heteroatoms. The Morgan fingerprint density at radius 2 is 1.81 bits per heavy atom. The molecule has 0 atom stereocenters. The van der Waals surface area contributed by atoms with Crippen LogP contribution in [0, 0.1) is 13.8 Å². The van der Waals surface area contributed by atoms with Crippen molar-refractivity contribution in [1.82, 2.24) is 9.13 Å². The Bertz CT molecular complexity index is 1450. The summed E-state index contributed by atoms with van der Waals surface area (Å²) in [4.78, 5) is 41.0. The second kappa shape index (κ2) is 8.76. The standard InChI is InChI=1S/C24H22ClN3O3S/c1-4-16-8-10-18(11-9-16)26-20(29)13-27-23-21(14(2)15(3)32-23)22(30)28(24(27)31)19-7-5-6-17(25)12-19/h5-12H,4,13H2,1-3H3,(H,26,29). The van der Waals surface area contributed by atoms with Crippen molar-refractivity contribution in [3.8, 4) is 5.69 Å². The molecule has 4 aromatic rings. The third-order valence-electron chi connectivity index (χ3n) is 5.47. The van der Waals surface area contributed by atoms with E-state index in [2.05, 4.69) is 12.2 Å². The number of thiophene rings is 1. The molecule has 32 heavy (non-hydrogen) atoms. The van der Waals surface area contributed by atoms with Gasteiger partial charge in [0, 0.05) is 15.6 Å². The minimum absolute atomic E-state index is 0.217. The molecule has 0 radical (unpaired) electrons. The highest BCUT2D eigenvalue weighted by molar-refractivity contribution is 7.18. The number of carbonyl (C=O) groups is 1. The van der Waals surface area contributed by atoms with Crippen molar-refractivity contribution in [2.24, 2.45) is 0 Å². The second-order valence-corrected chi connectivity index (χ2v) is 9.19. The van der Waals surface area contributed by atoms with Gasteiger partial charge in [-0.25, -0.2) is 9.36 Å². The van der Waals surface area contributed by atoms with Gasteiger partial charge in [-0.15, -0.1) is 11.3 Å². The molecule has 6 nitrogen and oxygen atoms in total. The lowest BCUT2D eigenvalue weighted by molar-refractivity contribution is -0.116. The smallest absolute Gasteiger partial charge is 0.325 e. The van der Waals surface area contributed by atoms with Crippen molar-refractivity contribution in [3.05, 3.63) is 90.4 Å². The lowest BCUT2D eigenvalue weighted by Crippen LogP contribution is -2.40. The predicted octanol–water partition coefficient (Wildman–Crippen LogP) is 4.69. The maximum Gasteiger partial charge on any atom is 0.337 e. The van der Waals surface area contributed by atoms with Crippen molar-refractivity contribution in [3.63, 3.8) is 0 Å². The summed E-state index contributed by atoms with van der Waals surface area (Å²) in [5.41, 5.74) is 1.98. The SMILES string of the molecule is CCc1ccc(NC(=O)Cn2c(=O)n(-c3cccc(Cl)c3)c(=O)c3c(C)c(C)sc32)cc1. The summed E-state index contributed by atoms with van der Waals surface area (Å²) >= 11 is 7.44. The number of fused-ring (bicyclic) bond motifs is 1. The number of halogens is 1. The lowest BCUT2D eigenvalue weighted by Gasteiger charge is -2.13. The van der Waals surface area contributed by atoms with Crippen LogP contribution in [0.15, 0.2) is 58.1 Å². The predicted molar refractivity (Wildman–Crippen MR) is 131 cm³/mol.